The molecule has 0 aromatic carbocycles. The molecule has 1 aromatic rings. The Bertz CT molecular complexity index is 1570. The Morgan fingerprint density at radius 2 is 1.26 bits per heavy atom. The van der Waals surface area contributed by atoms with E-state index in [1.54, 1.807) is 0 Å². The number of aliphatic imine (C=N–C) groups is 3. The summed E-state index contributed by atoms with van der Waals surface area (Å²) in [6.07, 6.45) is 11.2. The molecule has 0 spiro atoms. The summed E-state index contributed by atoms with van der Waals surface area (Å²) in [5.41, 5.74) is 17.8. The van der Waals surface area contributed by atoms with E-state index in [0.717, 1.165) is 88.0 Å². The molecule has 2 N–H and O–H groups in total. The minimum Gasteiger partial charge on any atom is -0.515 e. The largest absolute Gasteiger partial charge is 0.515 e. The van der Waals surface area contributed by atoms with Crippen LogP contribution in [0.4, 0.5) is 0 Å². The molecule has 0 radical (unpaired) electrons. The number of aromatic nitrogens is 1. The molecule has 5 heterocycles. The van der Waals surface area contributed by atoms with Gasteiger partial charge in [0.2, 0.25) is 0 Å². The van der Waals surface area contributed by atoms with E-state index >= 15 is 0 Å². The highest BCUT2D eigenvalue weighted by Crippen LogP contribution is 2.39. The number of rotatable bonds is 4. The second-order valence-corrected chi connectivity index (χ2v) is 10.3. The SMILES string of the molecule is CCC1=C(C)C2=NC1=Cc1[nH]c(c(C)c1CC)C=C1N=C(C(C)=C1CC)/C(=C\O)C1=NC(=C2)C(C)=C1CC. The molecule has 5 nitrogen and oxygen atoms in total. The number of hydrogen-bond acceptors (Lipinski definition) is 4. The summed E-state index contributed by atoms with van der Waals surface area (Å²) in [5.74, 6) is 0. The van der Waals surface area contributed by atoms with Gasteiger partial charge in [0.05, 0.1) is 46.1 Å². The van der Waals surface area contributed by atoms with E-state index in [-0.39, 0.29) is 0 Å². The van der Waals surface area contributed by atoms with Crippen molar-refractivity contribution in [3.8, 4) is 0 Å². The number of H-pyrrole nitrogens is 1. The lowest BCUT2D eigenvalue weighted by molar-refractivity contribution is 0.472. The van der Waals surface area contributed by atoms with Gasteiger partial charge in [-0.25, -0.2) is 15.0 Å². The lowest BCUT2D eigenvalue weighted by Crippen LogP contribution is -2.14. The number of allylic oxidation sites excluding steroid dienone is 8. The van der Waals surface area contributed by atoms with Crippen molar-refractivity contribution < 1.29 is 5.11 Å². The van der Waals surface area contributed by atoms with E-state index in [9.17, 15) is 5.11 Å². The van der Waals surface area contributed by atoms with Crippen molar-refractivity contribution in [3.63, 3.8) is 0 Å². The minimum atomic E-state index is 0.678. The van der Waals surface area contributed by atoms with Gasteiger partial charge in [-0.3, -0.25) is 0 Å². The molecule has 0 unspecified atom stereocenters. The van der Waals surface area contributed by atoms with Crippen LogP contribution < -0.4 is 0 Å². The molecule has 0 saturated carbocycles. The zero-order chi connectivity index (χ0) is 27.3. The Balaban J connectivity index is 1.86. The van der Waals surface area contributed by atoms with E-state index in [1.807, 2.05) is 0 Å². The summed E-state index contributed by atoms with van der Waals surface area (Å²) in [6.45, 7) is 17.3. The number of hydrogen-bond donors (Lipinski definition) is 2. The highest BCUT2D eigenvalue weighted by atomic mass is 16.2. The highest BCUT2D eigenvalue weighted by molar-refractivity contribution is 6.36. The summed E-state index contributed by atoms with van der Waals surface area (Å²) in [5, 5.41) is 10.5. The number of fused-ring (bicyclic) bond motifs is 5. The first kappa shape index (κ1) is 25.9. The first-order chi connectivity index (χ1) is 18.3. The smallest absolute Gasteiger partial charge is 0.0907 e. The second kappa shape index (κ2) is 9.86. The Morgan fingerprint density at radius 3 is 1.89 bits per heavy atom. The van der Waals surface area contributed by atoms with E-state index in [4.69, 9.17) is 15.0 Å². The molecule has 196 valence electrons. The van der Waals surface area contributed by atoms with Gasteiger partial charge in [-0.2, -0.15) is 0 Å². The molecule has 4 aliphatic heterocycles. The van der Waals surface area contributed by atoms with Gasteiger partial charge in [-0.15, -0.1) is 0 Å². The van der Waals surface area contributed by atoms with Crippen LogP contribution >= 0.6 is 0 Å². The summed E-state index contributed by atoms with van der Waals surface area (Å²) < 4.78 is 0. The lowest BCUT2D eigenvalue weighted by Gasteiger charge is -2.10. The summed E-state index contributed by atoms with van der Waals surface area (Å²) >= 11 is 0. The van der Waals surface area contributed by atoms with Gasteiger partial charge in [0.15, 0.2) is 0 Å². The number of nitrogens with zero attached hydrogens (tertiary/aromatic N) is 3. The highest BCUT2D eigenvalue weighted by Gasteiger charge is 2.31. The van der Waals surface area contributed by atoms with Crippen molar-refractivity contribution in [1.29, 1.82) is 0 Å². The van der Waals surface area contributed by atoms with E-state index in [1.165, 1.54) is 34.1 Å². The van der Waals surface area contributed by atoms with E-state index in [2.05, 4.69) is 78.6 Å². The van der Waals surface area contributed by atoms with Gasteiger partial charge in [0.25, 0.3) is 0 Å². The maximum Gasteiger partial charge on any atom is 0.0907 e. The third-order valence-electron chi connectivity index (χ3n) is 8.43. The van der Waals surface area contributed by atoms with Crippen LogP contribution in [0.2, 0.25) is 0 Å². The van der Waals surface area contributed by atoms with Crippen LogP contribution in [-0.2, 0) is 6.42 Å². The third kappa shape index (κ3) is 3.87. The Hall–Kier alpha value is -3.73. The van der Waals surface area contributed by atoms with Crippen LogP contribution in [0.15, 0.2) is 83.4 Å². The Kier molecular flexibility index (Phi) is 6.72. The van der Waals surface area contributed by atoms with Crippen LogP contribution in [0, 0.1) is 6.92 Å². The van der Waals surface area contributed by atoms with Gasteiger partial charge in [-0.05, 0) is 116 Å². The van der Waals surface area contributed by atoms with E-state index in [0.29, 0.717) is 5.57 Å². The predicted octanol–water partition coefficient (Wildman–Crippen LogP) is 8.45. The van der Waals surface area contributed by atoms with Crippen LogP contribution in [0.25, 0.3) is 12.2 Å². The maximum absolute atomic E-state index is 10.5. The number of aliphatic hydroxyl groups is 1. The average Bonchev–Trinajstić information content (AvgIpc) is 3.57. The molecule has 4 aliphatic rings. The fourth-order valence-corrected chi connectivity index (χ4v) is 6.21. The van der Waals surface area contributed by atoms with Crippen molar-refractivity contribution in [2.75, 3.05) is 0 Å². The predicted molar refractivity (Wildman–Crippen MR) is 161 cm³/mol. The third-order valence-corrected chi connectivity index (χ3v) is 8.43. The summed E-state index contributed by atoms with van der Waals surface area (Å²) in [4.78, 5) is 19.0. The number of nitrogens with one attached hydrogen (secondary N) is 1. The average molecular weight is 507 g/mol. The van der Waals surface area contributed by atoms with Gasteiger partial charge >= 0.3 is 0 Å². The molecule has 38 heavy (non-hydrogen) atoms. The van der Waals surface area contributed by atoms with E-state index < -0.39 is 0 Å². The fourth-order valence-electron chi connectivity index (χ4n) is 6.21. The first-order valence-electron chi connectivity index (χ1n) is 13.9. The zero-order valence-electron chi connectivity index (χ0n) is 23.9. The Morgan fingerprint density at radius 1 is 0.658 bits per heavy atom. The van der Waals surface area contributed by atoms with Gasteiger partial charge < -0.3 is 10.1 Å². The zero-order valence-corrected chi connectivity index (χ0v) is 23.9. The fraction of sp³-hybridized carbons (Fsp3) is 0.364. The quantitative estimate of drug-likeness (QED) is 0.395. The Labute approximate surface area is 226 Å². The molecule has 5 rings (SSSR count). The van der Waals surface area contributed by atoms with Gasteiger partial charge in [0, 0.05) is 11.4 Å². The van der Waals surface area contributed by atoms with Crippen LogP contribution in [0.5, 0.6) is 0 Å². The molecular formula is C33H38N4O. The van der Waals surface area contributed by atoms with Crippen molar-refractivity contribution in [2.45, 2.75) is 81.1 Å². The molecule has 0 fully saturated rings. The molecule has 0 saturated heterocycles. The van der Waals surface area contributed by atoms with Crippen molar-refractivity contribution >= 4 is 29.3 Å². The normalized spacial score (nSPS) is 20.3. The summed E-state index contributed by atoms with van der Waals surface area (Å²) in [7, 11) is 0. The van der Waals surface area contributed by atoms with Crippen molar-refractivity contribution in [2.24, 2.45) is 15.0 Å². The van der Waals surface area contributed by atoms with Crippen molar-refractivity contribution in [1.82, 2.24) is 4.98 Å². The van der Waals surface area contributed by atoms with Crippen molar-refractivity contribution in [3.05, 3.63) is 91.0 Å². The minimum absolute atomic E-state index is 0.678. The molecule has 0 atom stereocenters. The molecule has 1 aromatic heterocycles. The standard InChI is InChI=1S/C33H38N4O/c1-9-21-17(5)26-13-28-19(7)24(12-4)33(36-28)25(16-38)32-20(8)23(11-3)31(37-32)14-27-18(6)22(10-2)30(35-27)15-29(21)34-26/h13-16,35,38H,9-12H2,1-8H3/b25-16+,28-13?,29-15?,31-14?. The molecule has 5 heteroatoms. The maximum atomic E-state index is 10.5. The molecular weight excluding hydrogens is 468 g/mol. The van der Waals surface area contributed by atoms with Crippen LogP contribution in [-0.4, -0.2) is 27.2 Å². The first-order valence-corrected chi connectivity index (χ1v) is 13.9. The topological polar surface area (TPSA) is 73.1 Å². The van der Waals surface area contributed by atoms with Gasteiger partial charge in [0.1, 0.15) is 0 Å². The molecule has 8 bridgehead atoms. The van der Waals surface area contributed by atoms with Crippen LogP contribution in [0.1, 0.15) is 90.2 Å². The second-order valence-electron chi connectivity index (χ2n) is 10.3. The number of aliphatic hydroxyl groups excluding tert-OH is 1. The monoisotopic (exact) mass is 506 g/mol. The number of aromatic amines is 1. The van der Waals surface area contributed by atoms with Crippen LogP contribution in [0.3, 0.4) is 0 Å². The molecule has 0 amide bonds. The summed E-state index contributed by atoms with van der Waals surface area (Å²) in [6, 6.07) is 0. The lowest BCUT2D eigenvalue weighted by atomic mass is 9.92. The van der Waals surface area contributed by atoms with Gasteiger partial charge in [-0.1, -0.05) is 27.7 Å². The molecule has 0 aliphatic carbocycles.